The zero-order valence-electron chi connectivity index (χ0n) is 17.5. The van der Waals surface area contributed by atoms with Gasteiger partial charge in [0.1, 0.15) is 0 Å². The number of hydrogen-bond donors (Lipinski definition) is 1. The molecular formula is C21H29N3O5S2. The molecule has 1 aromatic carbocycles. The number of aryl methyl sites for hydroxylation is 1. The lowest BCUT2D eigenvalue weighted by Gasteiger charge is -2.19. The first kappa shape index (κ1) is 22.4. The van der Waals surface area contributed by atoms with Crippen LogP contribution >= 0.6 is 11.3 Å². The Balaban J connectivity index is 1.45. The van der Waals surface area contributed by atoms with Crippen molar-refractivity contribution in [3.05, 3.63) is 27.9 Å². The largest absolute Gasteiger partial charge is 0.376 e. The van der Waals surface area contributed by atoms with E-state index < -0.39 is 10.0 Å². The number of fused-ring (bicyclic) bond motifs is 1. The molecule has 1 aromatic heterocycles. The van der Waals surface area contributed by atoms with Crippen LogP contribution in [0.5, 0.6) is 0 Å². The van der Waals surface area contributed by atoms with E-state index >= 15 is 0 Å². The molecule has 1 N–H and O–H groups in total. The van der Waals surface area contributed by atoms with Gasteiger partial charge in [0, 0.05) is 39.2 Å². The molecule has 0 unspecified atom stereocenters. The molecule has 2 aliphatic rings. The van der Waals surface area contributed by atoms with E-state index in [4.69, 9.17) is 4.74 Å². The van der Waals surface area contributed by atoms with Crippen molar-refractivity contribution in [2.24, 2.45) is 0 Å². The van der Waals surface area contributed by atoms with E-state index in [1.165, 1.54) is 0 Å². The summed E-state index contributed by atoms with van der Waals surface area (Å²) in [5, 5.41) is 2.86. The predicted molar refractivity (Wildman–Crippen MR) is 120 cm³/mol. The summed E-state index contributed by atoms with van der Waals surface area (Å²) < 4.78 is 35.3. The molecule has 2 fully saturated rings. The number of sulfonamides is 1. The van der Waals surface area contributed by atoms with Crippen LogP contribution < -0.4 is 10.2 Å². The number of aromatic nitrogens is 1. The second-order valence-electron chi connectivity index (χ2n) is 8.16. The Morgan fingerprint density at radius 3 is 2.65 bits per heavy atom. The van der Waals surface area contributed by atoms with Gasteiger partial charge >= 0.3 is 4.87 Å². The maximum absolute atomic E-state index is 13.1. The fourth-order valence-corrected chi connectivity index (χ4v) is 6.76. The molecular weight excluding hydrogens is 438 g/mol. The summed E-state index contributed by atoms with van der Waals surface area (Å²) in [6.07, 6.45) is 6.10. The Labute approximate surface area is 186 Å². The number of thiazole rings is 1. The third-order valence-corrected chi connectivity index (χ3v) is 8.79. The molecule has 1 atom stereocenters. The highest BCUT2D eigenvalue weighted by Gasteiger charge is 2.26. The highest BCUT2D eigenvalue weighted by atomic mass is 32.2. The van der Waals surface area contributed by atoms with E-state index in [1.54, 1.807) is 27.1 Å². The van der Waals surface area contributed by atoms with Gasteiger partial charge < -0.3 is 10.1 Å². The number of carbonyl (C=O) groups is 1. The summed E-state index contributed by atoms with van der Waals surface area (Å²) in [6.45, 7) is 2.58. The monoisotopic (exact) mass is 467 g/mol. The Morgan fingerprint density at radius 2 is 1.94 bits per heavy atom. The first-order valence-corrected chi connectivity index (χ1v) is 13.2. The van der Waals surface area contributed by atoms with Gasteiger partial charge in [0.15, 0.2) is 0 Å². The van der Waals surface area contributed by atoms with Crippen LogP contribution in [-0.2, 0) is 26.1 Å². The predicted octanol–water partition coefficient (Wildman–Crippen LogP) is 2.31. The molecule has 10 heteroatoms. The van der Waals surface area contributed by atoms with Crippen molar-refractivity contribution >= 4 is 37.5 Å². The second kappa shape index (κ2) is 9.81. The number of nitrogens with one attached hydrogen (secondary N) is 1. The average Bonchev–Trinajstić information content (AvgIpc) is 3.27. The van der Waals surface area contributed by atoms with Crippen molar-refractivity contribution in [1.82, 2.24) is 14.2 Å². The first-order chi connectivity index (χ1) is 14.9. The fraction of sp³-hybridized carbons (Fsp3) is 0.619. The number of ether oxygens (including phenoxy) is 1. The van der Waals surface area contributed by atoms with E-state index in [0.29, 0.717) is 29.9 Å². The second-order valence-corrected chi connectivity index (χ2v) is 11.1. The maximum atomic E-state index is 13.1. The van der Waals surface area contributed by atoms with Crippen LogP contribution in [0.25, 0.3) is 10.2 Å². The van der Waals surface area contributed by atoms with Crippen molar-refractivity contribution in [3.63, 3.8) is 0 Å². The van der Waals surface area contributed by atoms with Crippen molar-refractivity contribution < 1.29 is 17.9 Å². The molecule has 0 radical (unpaired) electrons. The van der Waals surface area contributed by atoms with Gasteiger partial charge in [0.25, 0.3) is 0 Å². The van der Waals surface area contributed by atoms with Crippen molar-refractivity contribution in [2.45, 2.75) is 62.5 Å². The van der Waals surface area contributed by atoms with Crippen LogP contribution in [0.15, 0.2) is 27.9 Å². The summed E-state index contributed by atoms with van der Waals surface area (Å²) in [7, 11) is -3.57. The van der Waals surface area contributed by atoms with Crippen LogP contribution in [0.1, 0.15) is 44.9 Å². The third-order valence-electron chi connectivity index (χ3n) is 5.96. The molecule has 1 amide bonds. The zero-order chi connectivity index (χ0) is 21.8. The van der Waals surface area contributed by atoms with Crippen LogP contribution in [0.2, 0.25) is 0 Å². The van der Waals surface area contributed by atoms with Gasteiger partial charge in [0.05, 0.1) is 21.2 Å². The molecule has 3 heterocycles. The lowest BCUT2D eigenvalue weighted by molar-refractivity contribution is -0.121. The quantitative estimate of drug-likeness (QED) is 0.674. The minimum Gasteiger partial charge on any atom is -0.376 e. The molecule has 0 spiro atoms. The number of hydrogen-bond acceptors (Lipinski definition) is 6. The summed E-state index contributed by atoms with van der Waals surface area (Å²) in [4.78, 5) is 24.7. The SMILES string of the molecule is O=C(CCn1c(=O)sc2cc(S(=O)(=O)N3CCCCCC3)ccc21)NC[C@@H]1CCCO1. The van der Waals surface area contributed by atoms with Crippen molar-refractivity contribution in [1.29, 1.82) is 0 Å². The van der Waals surface area contributed by atoms with E-state index in [9.17, 15) is 18.0 Å². The van der Waals surface area contributed by atoms with Gasteiger partial charge in [-0.2, -0.15) is 4.31 Å². The Bertz CT molecular complexity index is 1080. The lowest BCUT2D eigenvalue weighted by atomic mass is 10.2. The van der Waals surface area contributed by atoms with Gasteiger partial charge in [-0.15, -0.1) is 0 Å². The van der Waals surface area contributed by atoms with Crippen molar-refractivity contribution in [2.75, 3.05) is 26.2 Å². The number of nitrogens with zero attached hydrogens (tertiary/aromatic N) is 2. The standard InChI is InChI=1S/C21H29N3O5S2/c25-20(22-15-16-6-5-13-29-16)9-12-24-18-8-7-17(14-19(18)30-21(24)26)31(27,28)23-10-3-1-2-4-11-23/h7-8,14,16H,1-6,9-13,15H2,(H,22,25)/t16-/m0/s1. The van der Waals surface area contributed by atoms with Gasteiger partial charge in [-0.1, -0.05) is 24.2 Å². The van der Waals surface area contributed by atoms with Gasteiger partial charge in [-0.3, -0.25) is 14.2 Å². The summed E-state index contributed by atoms with van der Waals surface area (Å²) >= 11 is 1.02. The Hall–Kier alpha value is -1.75. The molecule has 31 heavy (non-hydrogen) atoms. The normalized spacial score (nSPS) is 20.7. The number of rotatable bonds is 7. The third kappa shape index (κ3) is 5.19. The van der Waals surface area contributed by atoms with Gasteiger partial charge in [-0.25, -0.2) is 8.42 Å². The van der Waals surface area contributed by atoms with Gasteiger partial charge in [0.2, 0.25) is 15.9 Å². The Morgan fingerprint density at radius 1 is 1.16 bits per heavy atom. The zero-order valence-corrected chi connectivity index (χ0v) is 19.2. The van der Waals surface area contributed by atoms with Crippen LogP contribution in [0, 0.1) is 0 Å². The average molecular weight is 468 g/mol. The molecule has 170 valence electrons. The topological polar surface area (TPSA) is 97.7 Å². The number of benzene rings is 1. The molecule has 2 aliphatic heterocycles. The summed E-state index contributed by atoms with van der Waals surface area (Å²) in [5.41, 5.74) is 0.664. The van der Waals surface area contributed by atoms with E-state index in [0.717, 1.165) is 56.5 Å². The minimum absolute atomic E-state index is 0.0817. The molecule has 4 rings (SSSR count). The van der Waals surface area contributed by atoms with Crippen LogP contribution in [0.3, 0.4) is 0 Å². The lowest BCUT2D eigenvalue weighted by Crippen LogP contribution is -2.32. The molecule has 8 nitrogen and oxygen atoms in total. The van der Waals surface area contributed by atoms with E-state index in [2.05, 4.69) is 5.32 Å². The van der Waals surface area contributed by atoms with E-state index in [1.807, 2.05) is 0 Å². The van der Waals surface area contributed by atoms with Crippen molar-refractivity contribution in [3.8, 4) is 0 Å². The highest BCUT2D eigenvalue weighted by Crippen LogP contribution is 2.25. The number of carbonyl (C=O) groups excluding carboxylic acids is 1. The van der Waals surface area contributed by atoms with Crippen LogP contribution in [0.4, 0.5) is 0 Å². The summed E-state index contributed by atoms with van der Waals surface area (Å²) in [5.74, 6) is -0.123. The Kier molecular flexibility index (Phi) is 7.10. The smallest absolute Gasteiger partial charge is 0.308 e. The first-order valence-electron chi connectivity index (χ1n) is 11.0. The molecule has 0 saturated carbocycles. The van der Waals surface area contributed by atoms with E-state index in [-0.39, 0.29) is 34.7 Å². The molecule has 0 bridgehead atoms. The maximum Gasteiger partial charge on any atom is 0.308 e. The summed E-state index contributed by atoms with van der Waals surface area (Å²) in [6, 6.07) is 4.85. The highest BCUT2D eigenvalue weighted by molar-refractivity contribution is 7.89. The van der Waals surface area contributed by atoms with Crippen LogP contribution in [-0.4, -0.2) is 55.5 Å². The fourth-order valence-electron chi connectivity index (χ4n) is 4.18. The molecule has 2 aromatic rings. The number of amides is 1. The molecule has 2 saturated heterocycles. The minimum atomic E-state index is -3.57. The van der Waals surface area contributed by atoms with Gasteiger partial charge in [-0.05, 0) is 43.9 Å². The molecule has 0 aliphatic carbocycles.